The van der Waals surface area contributed by atoms with Crippen molar-refractivity contribution in [2.75, 3.05) is 20.8 Å². The van der Waals surface area contributed by atoms with Crippen LogP contribution in [0.3, 0.4) is 0 Å². The normalized spacial score (nSPS) is 18.0. The number of nitrogens with zero attached hydrogens (tertiary/aromatic N) is 2. The number of hydrogen-bond donors (Lipinski definition) is 0. The summed E-state index contributed by atoms with van der Waals surface area (Å²) in [6.07, 6.45) is 1.45. The number of pyridine rings is 1. The van der Waals surface area contributed by atoms with Crippen molar-refractivity contribution in [3.63, 3.8) is 0 Å². The molecule has 3 aromatic rings. The maximum absolute atomic E-state index is 6.42. The van der Waals surface area contributed by atoms with Crippen molar-refractivity contribution >= 4 is 0 Å². The minimum atomic E-state index is -0.313. The van der Waals surface area contributed by atoms with Gasteiger partial charge in [-0.1, -0.05) is 24.3 Å². The Bertz CT molecular complexity index is 984. The van der Waals surface area contributed by atoms with Crippen molar-refractivity contribution in [1.82, 2.24) is 9.88 Å². The van der Waals surface area contributed by atoms with E-state index in [1.54, 1.807) is 20.4 Å². The molecule has 1 fully saturated rings. The third kappa shape index (κ3) is 4.81. The van der Waals surface area contributed by atoms with E-state index in [0.717, 1.165) is 35.1 Å². The molecule has 0 saturated carbocycles. The van der Waals surface area contributed by atoms with Gasteiger partial charge in [-0.05, 0) is 50.2 Å². The van der Waals surface area contributed by atoms with E-state index in [0.29, 0.717) is 12.3 Å². The molecule has 0 amide bonds. The molecule has 1 unspecified atom stereocenters. The second-order valence-electron chi connectivity index (χ2n) is 8.11. The molecule has 1 saturated heterocycles. The van der Waals surface area contributed by atoms with Gasteiger partial charge in [0.05, 0.1) is 37.3 Å². The number of rotatable bonds is 7. The molecule has 0 spiro atoms. The number of methoxy groups -OCH3 is 2. The molecule has 1 aromatic heterocycles. The first-order valence-electron chi connectivity index (χ1n) is 10.3. The molecular formula is C25H28N2O4. The first kappa shape index (κ1) is 21.2. The van der Waals surface area contributed by atoms with E-state index in [9.17, 15) is 0 Å². The van der Waals surface area contributed by atoms with Gasteiger partial charge in [-0.15, -0.1) is 0 Å². The molecule has 4 rings (SSSR count). The monoisotopic (exact) mass is 420 g/mol. The number of ether oxygens (including phenoxy) is 4. The Morgan fingerprint density at radius 3 is 2.26 bits per heavy atom. The Morgan fingerprint density at radius 1 is 0.935 bits per heavy atom. The molecule has 2 aromatic carbocycles. The van der Waals surface area contributed by atoms with Crippen molar-refractivity contribution in [2.45, 2.75) is 32.2 Å². The molecule has 1 atom stereocenters. The highest BCUT2D eigenvalue weighted by Crippen LogP contribution is 2.44. The Kier molecular flexibility index (Phi) is 6.11. The quantitative estimate of drug-likeness (QED) is 0.524. The molecule has 6 heteroatoms. The van der Waals surface area contributed by atoms with Gasteiger partial charge in [-0.3, -0.25) is 9.88 Å². The van der Waals surface area contributed by atoms with Gasteiger partial charge in [0, 0.05) is 13.1 Å². The van der Waals surface area contributed by atoms with E-state index in [2.05, 4.69) is 23.7 Å². The van der Waals surface area contributed by atoms with E-state index in [-0.39, 0.29) is 11.8 Å². The number of hydrogen-bond acceptors (Lipinski definition) is 6. The molecule has 0 bridgehead atoms. The van der Waals surface area contributed by atoms with Gasteiger partial charge in [-0.2, -0.15) is 0 Å². The van der Waals surface area contributed by atoms with Crippen molar-refractivity contribution in [1.29, 1.82) is 0 Å². The standard InChI is InChI=1S/C25H28N2O4/c1-25(2)17-27(24(31-25)23-21(28-3)11-8-12-22(23)29-4)16-18-13-14-20(15-26-18)30-19-9-6-5-7-10-19/h5-15,24H,16-17H2,1-4H3. The van der Waals surface area contributed by atoms with Crippen LogP contribution in [0.4, 0.5) is 0 Å². The number of para-hydroxylation sites is 1. The molecule has 0 radical (unpaired) electrons. The highest BCUT2D eigenvalue weighted by atomic mass is 16.5. The molecule has 31 heavy (non-hydrogen) atoms. The van der Waals surface area contributed by atoms with Crippen molar-refractivity contribution in [3.8, 4) is 23.0 Å². The minimum absolute atomic E-state index is 0.303. The summed E-state index contributed by atoms with van der Waals surface area (Å²) in [5.74, 6) is 2.98. The molecule has 6 nitrogen and oxygen atoms in total. The highest BCUT2D eigenvalue weighted by Gasteiger charge is 2.41. The van der Waals surface area contributed by atoms with Crippen molar-refractivity contribution < 1.29 is 18.9 Å². The average Bonchev–Trinajstić information content (AvgIpc) is 3.08. The van der Waals surface area contributed by atoms with Crippen molar-refractivity contribution in [2.24, 2.45) is 0 Å². The minimum Gasteiger partial charge on any atom is -0.496 e. The topological polar surface area (TPSA) is 53.0 Å². The van der Waals surface area contributed by atoms with Gasteiger partial charge >= 0.3 is 0 Å². The third-order valence-electron chi connectivity index (χ3n) is 5.20. The van der Waals surface area contributed by atoms with Crippen LogP contribution in [0.1, 0.15) is 31.3 Å². The van der Waals surface area contributed by atoms with Crippen LogP contribution in [-0.2, 0) is 11.3 Å². The summed E-state index contributed by atoms with van der Waals surface area (Å²) in [5, 5.41) is 0. The van der Waals surface area contributed by atoms with E-state index in [1.807, 2.05) is 60.7 Å². The number of aromatic nitrogens is 1. The lowest BCUT2D eigenvalue weighted by Gasteiger charge is -2.26. The van der Waals surface area contributed by atoms with Crippen LogP contribution in [0.25, 0.3) is 0 Å². The Balaban J connectivity index is 1.56. The summed E-state index contributed by atoms with van der Waals surface area (Å²) in [4.78, 5) is 6.87. The third-order valence-corrected chi connectivity index (χ3v) is 5.20. The summed E-state index contributed by atoms with van der Waals surface area (Å²) in [6, 6.07) is 19.4. The van der Waals surface area contributed by atoms with E-state index in [4.69, 9.17) is 18.9 Å². The number of benzene rings is 2. The fourth-order valence-electron chi connectivity index (χ4n) is 3.89. The lowest BCUT2D eigenvalue weighted by atomic mass is 10.1. The van der Waals surface area contributed by atoms with Gasteiger partial charge in [0.25, 0.3) is 0 Å². The summed E-state index contributed by atoms with van der Waals surface area (Å²) in [5.41, 5.74) is 1.51. The summed E-state index contributed by atoms with van der Waals surface area (Å²) in [6.45, 7) is 5.56. The van der Waals surface area contributed by atoms with Gasteiger partial charge in [-0.25, -0.2) is 0 Å². The van der Waals surface area contributed by atoms with Crippen LogP contribution in [0.5, 0.6) is 23.0 Å². The molecular weight excluding hydrogens is 392 g/mol. The zero-order valence-electron chi connectivity index (χ0n) is 18.4. The summed E-state index contributed by atoms with van der Waals surface area (Å²) in [7, 11) is 3.32. The van der Waals surface area contributed by atoms with Crippen LogP contribution in [0.2, 0.25) is 0 Å². The van der Waals surface area contributed by atoms with Gasteiger partial charge in [0.15, 0.2) is 0 Å². The Labute approximate surface area is 183 Å². The maximum atomic E-state index is 6.42. The second kappa shape index (κ2) is 8.96. The summed E-state index contributed by atoms with van der Waals surface area (Å²) < 4.78 is 23.5. The van der Waals surface area contributed by atoms with Crippen molar-refractivity contribution in [3.05, 3.63) is 78.1 Å². The smallest absolute Gasteiger partial charge is 0.145 e. The molecule has 0 N–H and O–H groups in total. The van der Waals surface area contributed by atoms with Crippen LogP contribution in [0.15, 0.2) is 66.9 Å². The second-order valence-corrected chi connectivity index (χ2v) is 8.11. The maximum Gasteiger partial charge on any atom is 0.145 e. The largest absolute Gasteiger partial charge is 0.496 e. The predicted molar refractivity (Wildman–Crippen MR) is 119 cm³/mol. The fourth-order valence-corrected chi connectivity index (χ4v) is 3.89. The first-order valence-corrected chi connectivity index (χ1v) is 10.3. The van der Waals surface area contributed by atoms with Crippen LogP contribution in [-0.4, -0.2) is 36.2 Å². The molecule has 1 aliphatic heterocycles. The fraction of sp³-hybridized carbons (Fsp3) is 0.320. The summed E-state index contributed by atoms with van der Waals surface area (Å²) >= 11 is 0. The van der Waals surface area contributed by atoms with Gasteiger partial charge < -0.3 is 18.9 Å². The average molecular weight is 421 g/mol. The van der Waals surface area contributed by atoms with Crippen LogP contribution < -0.4 is 14.2 Å². The first-order chi connectivity index (χ1) is 15.0. The van der Waals surface area contributed by atoms with Gasteiger partial charge in [0.1, 0.15) is 29.2 Å². The Morgan fingerprint density at radius 2 is 1.65 bits per heavy atom. The Hall–Kier alpha value is -3.09. The van der Waals surface area contributed by atoms with Crippen LogP contribution in [0, 0.1) is 0 Å². The lowest BCUT2D eigenvalue weighted by Crippen LogP contribution is -2.28. The zero-order chi connectivity index (χ0) is 21.8. The molecule has 2 heterocycles. The molecule has 162 valence electrons. The van der Waals surface area contributed by atoms with E-state index < -0.39 is 0 Å². The van der Waals surface area contributed by atoms with Gasteiger partial charge in [0.2, 0.25) is 0 Å². The van der Waals surface area contributed by atoms with Crippen LogP contribution >= 0.6 is 0 Å². The zero-order valence-corrected chi connectivity index (χ0v) is 18.4. The van der Waals surface area contributed by atoms with E-state index in [1.165, 1.54) is 0 Å². The predicted octanol–water partition coefficient (Wildman–Crippen LogP) is 5.20. The lowest BCUT2D eigenvalue weighted by molar-refractivity contribution is -0.0447. The highest BCUT2D eigenvalue weighted by molar-refractivity contribution is 5.46. The van der Waals surface area contributed by atoms with E-state index >= 15 is 0 Å². The SMILES string of the molecule is COc1cccc(OC)c1C1OC(C)(C)CN1Cc1ccc(Oc2ccccc2)cn1. The molecule has 1 aliphatic rings. The molecule has 0 aliphatic carbocycles.